The van der Waals surface area contributed by atoms with Gasteiger partial charge >= 0.3 is 0 Å². The largest absolute Gasteiger partial charge is 0.309 e. The highest BCUT2D eigenvalue weighted by Gasteiger charge is 2.25. The number of nitrogens with zero attached hydrogens (tertiary/aromatic N) is 4. The number of fused-ring (bicyclic) bond motifs is 4. The van der Waals surface area contributed by atoms with Gasteiger partial charge in [-0.25, -0.2) is 4.98 Å². The van der Waals surface area contributed by atoms with Gasteiger partial charge in [0.1, 0.15) is 16.5 Å². The molecule has 0 saturated heterocycles. The maximum absolute atomic E-state index is 12.9. The Morgan fingerprint density at radius 3 is 3.04 bits per heavy atom. The van der Waals surface area contributed by atoms with E-state index in [-0.39, 0.29) is 10.8 Å². The maximum atomic E-state index is 12.9. The van der Waals surface area contributed by atoms with Crippen LogP contribution in [-0.4, -0.2) is 24.7 Å². The summed E-state index contributed by atoms with van der Waals surface area (Å²) < 4.78 is 2.25. The molecular weight excluding hydrogens is 390 g/mol. The highest BCUT2D eigenvalue weighted by Crippen LogP contribution is 2.38. The van der Waals surface area contributed by atoms with Crippen LogP contribution in [0, 0.1) is 5.92 Å². The van der Waals surface area contributed by atoms with E-state index in [1.54, 1.807) is 23.1 Å². The average molecular weight is 416 g/mol. The van der Waals surface area contributed by atoms with Crippen molar-refractivity contribution in [2.24, 2.45) is 5.92 Å². The zero-order valence-electron chi connectivity index (χ0n) is 16.3. The highest BCUT2D eigenvalue weighted by atomic mass is 32.2. The second kappa shape index (κ2) is 7.30. The molecule has 148 valence electrons. The van der Waals surface area contributed by atoms with Crippen LogP contribution in [0.1, 0.15) is 66.9 Å². The second-order valence-corrected chi connectivity index (χ2v) is 10.5. The second-order valence-electron chi connectivity index (χ2n) is 8.10. The molecule has 3 aromatic rings. The van der Waals surface area contributed by atoms with E-state index in [2.05, 4.69) is 33.6 Å². The van der Waals surface area contributed by atoms with Gasteiger partial charge in [-0.1, -0.05) is 25.1 Å². The van der Waals surface area contributed by atoms with E-state index in [4.69, 9.17) is 4.98 Å². The molecule has 0 aromatic carbocycles. The number of hydrogen-bond acceptors (Lipinski definition) is 6. The molecule has 1 aliphatic carbocycles. The third-order valence-electron chi connectivity index (χ3n) is 5.93. The molecular formula is C20H25N5OS2. The molecule has 5 rings (SSSR count). The first-order valence-electron chi connectivity index (χ1n) is 10.2. The van der Waals surface area contributed by atoms with Crippen LogP contribution in [0.4, 0.5) is 0 Å². The molecule has 0 saturated carbocycles. The summed E-state index contributed by atoms with van der Waals surface area (Å²) in [5.41, 5.74) is 1.25. The Labute approximate surface area is 172 Å². The van der Waals surface area contributed by atoms with E-state index in [1.165, 1.54) is 29.7 Å². The number of thioether (sulfide) groups is 1. The fraction of sp³-hybridized carbons (Fsp3) is 0.600. The van der Waals surface area contributed by atoms with Crippen LogP contribution in [0.15, 0.2) is 9.95 Å². The molecule has 0 spiro atoms. The number of nitrogens with one attached hydrogen (secondary N) is 1. The van der Waals surface area contributed by atoms with Gasteiger partial charge in [0.05, 0.1) is 10.6 Å². The maximum Gasteiger partial charge on any atom is 0.259 e. The van der Waals surface area contributed by atoms with E-state index >= 15 is 0 Å². The van der Waals surface area contributed by atoms with Crippen LogP contribution >= 0.6 is 23.1 Å². The molecule has 1 aliphatic heterocycles. The fourth-order valence-corrected chi connectivity index (χ4v) is 6.66. The number of aryl methyl sites for hydroxylation is 2. The van der Waals surface area contributed by atoms with E-state index in [0.29, 0.717) is 5.92 Å². The van der Waals surface area contributed by atoms with Crippen molar-refractivity contribution in [3.8, 4) is 0 Å². The molecule has 0 amide bonds. The number of aromatic nitrogens is 5. The van der Waals surface area contributed by atoms with E-state index < -0.39 is 0 Å². The average Bonchev–Trinajstić information content (AvgIpc) is 3.13. The molecule has 3 aromatic heterocycles. The van der Waals surface area contributed by atoms with Crippen LogP contribution in [0.2, 0.25) is 0 Å². The first-order valence-corrected chi connectivity index (χ1v) is 11.9. The van der Waals surface area contributed by atoms with Gasteiger partial charge in [-0.3, -0.25) is 4.79 Å². The fourth-order valence-electron chi connectivity index (χ4n) is 4.32. The topological polar surface area (TPSA) is 76.5 Å². The summed E-state index contributed by atoms with van der Waals surface area (Å²) >= 11 is 3.35. The Morgan fingerprint density at radius 2 is 2.14 bits per heavy atom. The van der Waals surface area contributed by atoms with E-state index in [9.17, 15) is 4.79 Å². The lowest BCUT2D eigenvalue weighted by Crippen LogP contribution is -2.15. The normalized spacial score (nSPS) is 20.6. The minimum Gasteiger partial charge on any atom is -0.309 e. The first-order chi connectivity index (χ1) is 13.6. The van der Waals surface area contributed by atoms with Crippen molar-refractivity contribution >= 4 is 33.3 Å². The molecule has 2 aliphatic rings. The van der Waals surface area contributed by atoms with Crippen LogP contribution in [0.3, 0.4) is 0 Å². The Morgan fingerprint density at radius 1 is 1.25 bits per heavy atom. The van der Waals surface area contributed by atoms with Crippen molar-refractivity contribution in [2.75, 3.05) is 0 Å². The zero-order valence-corrected chi connectivity index (χ0v) is 18.0. The standard InChI is InChI=1S/C20H25N5OS2/c1-11-7-8-13-14(10-11)28-19-16(13)18(26)21-17(22-19)12(2)27-20-24-23-15-6-4-3-5-9-25(15)20/h11-12H,3-10H2,1-2H3,(H,21,22,26)/t11-,12+/m1/s1. The number of hydrogen-bond donors (Lipinski definition) is 1. The van der Waals surface area contributed by atoms with Gasteiger partial charge < -0.3 is 9.55 Å². The Bertz CT molecular complexity index is 1080. The van der Waals surface area contributed by atoms with Crippen molar-refractivity contribution in [1.82, 2.24) is 24.7 Å². The van der Waals surface area contributed by atoms with Crippen molar-refractivity contribution < 1.29 is 0 Å². The molecule has 4 heterocycles. The van der Waals surface area contributed by atoms with Crippen LogP contribution < -0.4 is 5.56 Å². The van der Waals surface area contributed by atoms with Crippen LogP contribution in [-0.2, 0) is 25.8 Å². The van der Waals surface area contributed by atoms with Crippen molar-refractivity contribution in [1.29, 1.82) is 0 Å². The van der Waals surface area contributed by atoms with Gasteiger partial charge in [-0.2, -0.15) is 0 Å². The van der Waals surface area contributed by atoms with Crippen molar-refractivity contribution in [2.45, 2.75) is 75.7 Å². The summed E-state index contributed by atoms with van der Waals surface area (Å²) in [5, 5.41) is 10.6. The van der Waals surface area contributed by atoms with Crippen LogP contribution in [0.5, 0.6) is 0 Å². The Kier molecular flexibility index (Phi) is 4.79. The summed E-state index contributed by atoms with van der Waals surface area (Å²) in [6, 6.07) is 0. The summed E-state index contributed by atoms with van der Waals surface area (Å²) in [4.78, 5) is 23.0. The number of aromatic amines is 1. The molecule has 0 fully saturated rings. The number of rotatable bonds is 3. The molecule has 2 atom stereocenters. The molecule has 8 heteroatoms. The number of thiophene rings is 1. The lowest BCUT2D eigenvalue weighted by molar-refractivity contribution is 0.509. The summed E-state index contributed by atoms with van der Waals surface area (Å²) in [7, 11) is 0. The van der Waals surface area contributed by atoms with Gasteiger partial charge in [0.25, 0.3) is 5.56 Å². The van der Waals surface area contributed by atoms with E-state index in [0.717, 1.165) is 59.2 Å². The third-order valence-corrected chi connectivity index (χ3v) is 8.16. The molecule has 0 radical (unpaired) electrons. The SMILES string of the molecule is C[C@@H]1CCc2c(sc3nc([C@H](C)Sc4nnc5n4CCCCC5)[nH]c(=O)c23)C1. The Balaban J connectivity index is 1.46. The summed E-state index contributed by atoms with van der Waals surface area (Å²) in [5.74, 6) is 2.51. The molecule has 1 N–H and O–H groups in total. The predicted molar refractivity (Wildman–Crippen MR) is 113 cm³/mol. The van der Waals surface area contributed by atoms with Gasteiger partial charge in [-0.05, 0) is 50.5 Å². The molecule has 6 nitrogen and oxygen atoms in total. The minimum absolute atomic E-state index is 0.0135. The van der Waals surface area contributed by atoms with Crippen molar-refractivity contribution in [3.63, 3.8) is 0 Å². The Hall–Kier alpha value is -1.67. The van der Waals surface area contributed by atoms with Gasteiger partial charge in [-0.15, -0.1) is 21.5 Å². The quantitative estimate of drug-likeness (QED) is 0.646. The highest BCUT2D eigenvalue weighted by molar-refractivity contribution is 7.99. The summed E-state index contributed by atoms with van der Waals surface area (Å²) in [6.07, 6.45) is 7.83. The van der Waals surface area contributed by atoms with Crippen LogP contribution in [0.25, 0.3) is 10.2 Å². The number of H-pyrrole nitrogens is 1. The summed E-state index contributed by atoms with van der Waals surface area (Å²) in [6.45, 7) is 5.36. The van der Waals surface area contributed by atoms with Gasteiger partial charge in [0, 0.05) is 17.8 Å². The zero-order chi connectivity index (χ0) is 19.3. The third kappa shape index (κ3) is 3.20. The lowest BCUT2D eigenvalue weighted by atomic mass is 9.89. The smallest absolute Gasteiger partial charge is 0.259 e. The van der Waals surface area contributed by atoms with Gasteiger partial charge in [0.2, 0.25) is 0 Å². The molecule has 28 heavy (non-hydrogen) atoms. The molecule has 0 unspecified atom stereocenters. The van der Waals surface area contributed by atoms with E-state index in [1.807, 2.05) is 0 Å². The monoisotopic (exact) mass is 415 g/mol. The first kappa shape index (κ1) is 18.4. The minimum atomic E-state index is 0.0135. The molecule has 0 bridgehead atoms. The van der Waals surface area contributed by atoms with Gasteiger partial charge in [0.15, 0.2) is 5.16 Å². The van der Waals surface area contributed by atoms with Crippen molar-refractivity contribution in [3.05, 3.63) is 32.4 Å². The predicted octanol–water partition coefficient (Wildman–Crippen LogP) is 4.28. The lowest BCUT2D eigenvalue weighted by Gasteiger charge is -2.17.